The fourth-order valence-corrected chi connectivity index (χ4v) is 2.83. The maximum Gasteiger partial charge on any atom is 0.326 e. The van der Waals surface area contributed by atoms with Crippen molar-refractivity contribution in [2.24, 2.45) is 5.92 Å². The van der Waals surface area contributed by atoms with Crippen LogP contribution >= 0.6 is 0 Å². The first-order valence-corrected chi connectivity index (χ1v) is 6.93. The van der Waals surface area contributed by atoms with E-state index in [1.165, 1.54) is 25.7 Å². The third-order valence-corrected chi connectivity index (χ3v) is 3.42. The number of esters is 1. The van der Waals surface area contributed by atoms with E-state index in [0.717, 1.165) is 6.42 Å². The molecule has 100 valence electrons. The van der Waals surface area contributed by atoms with Crippen molar-refractivity contribution in [3.63, 3.8) is 0 Å². The Morgan fingerprint density at radius 1 is 1.41 bits per heavy atom. The molecule has 1 atom stereocenters. The fraction of sp³-hybridized carbons (Fsp3) is 0.929. The molecule has 1 saturated carbocycles. The largest absolute Gasteiger partial charge is 0.465 e. The maximum absolute atomic E-state index is 12.1. The number of rotatable bonds is 6. The highest BCUT2D eigenvalue weighted by Gasteiger charge is 2.37. The Morgan fingerprint density at radius 3 is 2.47 bits per heavy atom. The summed E-state index contributed by atoms with van der Waals surface area (Å²) >= 11 is 0. The molecular formula is C14H27NO2. The van der Waals surface area contributed by atoms with Crippen molar-refractivity contribution in [2.75, 3.05) is 6.61 Å². The zero-order valence-electron chi connectivity index (χ0n) is 11.7. The van der Waals surface area contributed by atoms with Gasteiger partial charge in [0.25, 0.3) is 0 Å². The number of carbonyl (C=O) groups excluding carboxylic acids is 1. The summed E-state index contributed by atoms with van der Waals surface area (Å²) < 4.78 is 5.22. The molecule has 1 aliphatic rings. The Kier molecular flexibility index (Phi) is 5.44. The maximum atomic E-state index is 12.1. The predicted octanol–water partition coefficient (Wildman–Crippen LogP) is 2.89. The average molecular weight is 241 g/mol. The summed E-state index contributed by atoms with van der Waals surface area (Å²) in [6.45, 7) is 8.60. The molecule has 0 aliphatic heterocycles. The summed E-state index contributed by atoms with van der Waals surface area (Å²) in [7, 11) is 0. The van der Waals surface area contributed by atoms with Gasteiger partial charge in [0, 0.05) is 6.04 Å². The lowest BCUT2D eigenvalue weighted by Crippen LogP contribution is -2.54. The molecule has 0 aromatic carbocycles. The number of nitrogens with one attached hydrogen (secondary N) is 1. The lowest BCUT2D eigenvalue weighted by Gasteiger charge is -2.33. The van der Waals surface area contributed by atoms with Crippen molar-refractivity contribution in [1.82, 2.24) is 5.32 Å². The molecule has 0 aromatic heterocycles. The first-order chi connectivity index (χ1) is 7.98. The summed E-state index contributed by atoms with van der Waals surface area (Å²) in [5, 5.41) is 3.53. The zero-order valence-corrected chi connectivity index (χ0v) is 11.7. The van der Waals surface area contributed by atoms with Crippen LogP contribution in [0.2, 0.25) is 0 Å². The van der Waals surface area contributed by atoms with E-state index in [9.17, 15) is 4.79 Å². The van der Waals surface area contributed by atoms with Gasteiger partial charge in [0.05, 0.1) is 6.61 Å². The van der Waals surface area contributed by atoms with E-state index < -0.39 is 5.54 Å². The van der Waals surface area contributed by atoms with Crippen LogP contribution in [0.3, 0.4) is 0 Å². The Morgan fingerprint density at radius 2 is 2.00 bits per heavy atom. The van der Waals surface area contributed by atoms with Crippen LogP contribution in [0.4, 0.5) is 0 Å². The standard InChI is InChI=1S/C14H27NO2/c1-5-17-13(16)14(4,10-11(2)3)15-12-8-6-7-9-12/h11-12,15H,5-10H2,1-4H3. The minimum absolute atomic E-state index is 0.0967. The van der Waals surface area contributed by atoms with Gasteiger partial charge < -0.3 is 4.74 Å². The smallest absolute Gasteiger partial charge is 0.326 e. The van der Waals surface area contributed by atoms with E-state index in [2.05, 4.69) is 19.2 Å². The Hall–Kier alpha value is -0.570. The summed E-state index contributed by atoms with van der Waals surface area (Å²) in [5.41, 5.74) is -0.515. The molecule has 0 amide bonds. The van der Waals surface area contributed by atoms with Gasteiger partial charge >= 0.3 is 5.97 Å². The van der Waals surface area contributed by atoms with Crippen LogP contribution in [0, 0.1) is 5.92 Å². The van der Waals surface area contributed by atoms with Crippen LogP contribution < -0.4 is 5.32 Å². The Balaban J connectivity index is 2.65. The van der Waals surface area contributed by atoms with Crippen LogP contribution in [0.5, 0.6) is 0 Å². The third kappa shape index (κ3) is 4.30. The summed E-state index contributed by atoms with van der Waals surface area (Å²) in [6.07, 6.45) is 5.76. The van der Waals surface area contributed by atoms with E-state index >= 15 is 0 Å². The van der Waals surface area contributed by atoms with E-state index in [4.69, 9.17) is 4.74 Å². The van der Waals surface area contributed by atoms with Crippen LogP contribution in [0.25, 0.3) is 0 Å². The zero-order chi connectivity index (χ0) is 12.9. The number of ether oxygens (including phenoxy) is 1. The second-order valence-corrected chi connectivity index (χ2v) is 5.78. The summed E-state index contributed by atoms with van der Waals surface area (Å²) in [4.78, 5) is 12.1. The van der Waals surface area contributed by atoms with Gasteiger partial charge in [-0.3, -0.25) is 10.1 Å². The van der Waals surface area contributed by atoms with E-state index in [1.54, 1.807) is 0 Å². The molecule has 0 aromatic rings. The SMILES string of the molecule is CCOC(=O)C(C)(CC(C)C)NC1CCCC1. The molecule has 1 unspecified atom stereocenters. The molecule has 0 saturated heterocycles. The van der Waals surface area contributed by atoms with Crippen molar-refractivity contribution in [3.05, 3.63) is 0 Å². The highest BCUT2D eigenvalue weighted by Crippen LogP contribution is 2.25. The van der Waals surface area contributed by atoms with Crippen LogP contribution in [-0.2, 0) is 9.53 Å². The Labute approximate surface area is 105 Å². The second-order valence-electron chi connectivity index (χ2n) is 5.78. The fourth-order valence-electron chi connectivity index (χ4n) is 2.83. The van der Waals surface area contributed by atoms with Gasteiger partial charge in [0.1, 0.15) is 5.54 Å². The molecule has 1 rings (SSSR count). The topological polar surface area (TPSA) is 38.3 Å². The van der Waals surface area contributed by atoms with Gasteiger partial charge in [-0.05, 0) is 39.0 Å². The van der Waals surface area contributed by atoms with Crippen molar-refractivity contribution in [3.8, 4) is 0 Å². The predicted molar refractivity (Wildman–Crippen MR) is 69.9 cm³/mol. The van der Waals surface area contributed by atoms with Gasteiger partial charge in [0.2, 0.25) is 0 Å². The minimum atomic E-state index is -0.515. The monoisotopic (exact) mass is 241 g/mol. The van der Waals surface area contributed by atoms with E-state index in [0.29, 0.717) is 18.6 Å². The van der Waals surface area contributed by atoms with Gasteiger partial charge in [-0.2, -0.15) is 0 Å². The molecule has 1 N–H and O–H groups in total. The molecular weight excluding hydrogens is 214 g/mol. The quantitative estimate of drug-likeness (QED) is 0.727. The van der Waals surface area contributed by atoms with Gasteiger partial charge in [0.15, 0.2) is 0 Å². The van der Waals surface area contributed by atoms with Gasteiger partial charge in [-0.25, -0.2) is 0 Å². The normalized spacial score (nSPS) is 20.5. The van der Waals surface area contributed by atoms with Crippen LogP contribution in [-0.4, -0.2) is 24.2 Å². The van der Waals surface area contributed by atoms with Gasteiger partial charge in [-0.1, -0.05) is 26.7 Å². The number of carbonyl (C=O) groups is 1. The number of hydrogen-bond acceptors (Lipinski definition) is 3. The van der Waals surface area contributed by atoms with Crippen LogP contribution in [0.1, 0.15) is 59.8 Å². The Bertz CT molecular complexity index is 247. The van der Waals surface area contributed by atoms with Gasteiger partial charge in [-0.15, -0.1) is 0 Å². The highest BCUT2D eigenvalue weighted by molar-refractivity contribution is 5.80. The van der Waals surface area contributed by atoms with Crippen molar-refractivity contribution in [1.29, 1.82) is 0 Å². The molecule has 1 fully saturated rings. The first kappa shape index (κ1) is 14.5. The van der Waals surface area contributed by atoms with E-state index in [1.807, 2.05) is 13.8 Å². The second kappa shape index (κ2) is 6.39. The molecule has 3 nitrogen and oxygen atoms in total. The average Bonchev–Trinajstić information content (AvgIpc) is 2.69. The first-order valence-electron chi connectivity index (χ1n) is 6.93. The molecule has 0 spiro atoms. The minimum Gasteiger partial charge on any atom is -0.465 e. The van der Waals surface area contributed by atoms with Crippen LogP contribution in [0.15, 0.2) is 0 Å². The third-order valence-electron chi connectivity index (χ3n) is 3.42. The highest BCUT2D eigenvalue weighted by atomic mass is 16.5. The summed E-state index contributed by atoms with van der Waals surface area (Å²) in [6, 6.07) is 0.489. The lowest BCUT2D eigenvalue weighted by molar-refractivity contribution is -0.151. The molecule has 1 aliphatic carbocycles. The molecule has 3 heteroatoms. The summed E-state index contributed by atoms with van der Waals surface area (Å²) in [5.74, 6) is 0.388. The molecule has 0 heterocycles. The lowest BCUT2D eigenvalue weighted by atomic mass is 9.89. The molecule has 0 radical (unpaired) electrons. The van der Waals surface area contributed by atoms with Crippen molar-refractivity contribution in [2.45, 2.75) is 71.4 Å². The molecule has 0 bridgehead atoms. The van der Waals surface area contributed by atoms with Crippen molar-refractivity contribution < 1.29 is 9.53 Å². The van der Waals surface area contributed by atoms with E-state index in [-0.39, 0.29) is 5.97 Å². The molecule has 17 heavy (non-hydrogen) atoms. The number of hydrogen-bond donors (Lipinski definition) is 1. The van der Waals surface area contributed by atoms with Crippen molar-refractivity contribution >= 4 is 5.97 Å².